The molecule has 0 amide bonds. The van der Waals surface area contributed by atoms with E-state index in [1.807, 2.05) is 0 Å². The third-order valence-corrected chi connectivity index (χ3v) is 2.32. The van der Waals surface area contributed by atoms with Crippen LogP contribution in [0, 0.1) is 0 Å². The Balaban J connectivity index is 2.21. The molecule has 1 aromatic heterocycles. The fourth-order valence-corrected chi connectivity index (χ4v) is 1.40. The molecule has 88 valence electrons. The molecule has 0 saturated carbocycles. The van der Waals surface area contributed by atoms with Crippen LogP contribution in [0.15, 0.2) is 36.7 Å². The summed E-state index contributed by atoms with van der Waals surface area (Å²) in [6.45, 7) is 0. The highest BCUT2D eigenvalue weighted by Crippen LogP contribution is 2.16. The molecular weight excluding hydrogens is 222 g/mol. The molecule has 0 radical (unpaired) electrons. The number of aliphatic hydroxyl groups is 1. The first-order valence-electron chi connectivity index (χ1n) is 4.95. The van der Waals surface area contributed by atoms with Gasteiger partial charge in [0.05, 0.1) is 25.2 Å². The number of nitrogens with zero attached hydrogens (tertiary/aromatic N) is 3. The van der Waals surface area contributed by atoms with Gasteiger partial charge in [-0.2, -0.15) is 0 Å². The zero-order valence-corrected chi connectivity index (χ0v) is 9.15. The van der Waals surface area contributed by atoms with Crippen molar-refractivity contribution in [2.45, 2.75) is 6.10 Å². The molecule has 0 spiro atoms. The number of aromatic nitrogens is 3. The molecule has 0 aliphatic carbocycles. The molecule has 1 N–H and O–H groups in total. The first kappa shape index (κ1) is 11.3. The zero-order valence-electron chi connectivity index (χ0n) is 9.15. The van der Waals surface area contributed by atoms with Crippen LogP contribution in [-0.2, 0) is 9.53 Å². The number of aliphatic hydroxyl groups excluding tert-OH is 1. The van der Waals surface area contributed by atoms with Crippen molar-refractivity contribution in [3.05, 3.63) is 42.2 Å². The summed E-state index contributed by atoms with van der Waals surface area (Å²) in [6.07, 6.45) is 2.01. The minimum atomic E-state index is -1.26. The van der Waals surface area contributed by atoms with Gasteiger partial charge in [0.2, 0.25) is 0 Å². The van der Waals surface area contributed by atoms with Gasteiger partial charge >= 0.3 is 5.97 Å². The number of rotatable bonds is 3. The Morgan fingerprint density at radius 1 is 1.41 bits per heavy atom. The molecule has 0 aliphatic rings. The van der Waals surface area contributed by atoms with Gasteiger partial charge in [-0.15, -0.1) is 5.10 Å². The quantitative estimate of drug-likeness (QED) is 0.780. The van der Waals surface area contributed by atoms with Crippen molar-refractivity contribution >= 4 is 5.97 Å². The summed E-state index contributed by atoms with van der Waals surface area (Å²) >= 11 is 0. The smallest absolute Gasteiger partial charge is 0.339 e. The monoisotopic (exact) mass is 233 g/mol. The number of hydrogen-bond donors (Lipinski definition) is 1. The van der Waals surface area contributed by atoms with Crippen molar-refractivity contribution in [2.75, 3.05) is 7.11 Å². The van der Waals surface area contributed by atoms with Crippen LogP contribution in [0.25, 0.3) is 5.69 Å². The van der Waals surface area contributed by atoms with E-state index in [2.05, 4.69) is 15.0 Å². The number of hydrogen-bond acceptors (Lipinski definition) is 5. The largest absolute Gasteiger partial charge is 0.467 e. The van der Waals surface area contributed by atoms with E-state index in [0.29, 0.717) is 5.56 Å². The molecule has 2 rings (SSSR count). The topological polar surface area (TPSA) is 77.2 Å². The van der Waals surface area contributed by atoms with Crippen LogP contribution in [0.3, 0.4) is 0 Å². The number of esters is 1. The van der Waals surface area contributed by atoms with Crippen LogP contribution in [0.4, 0.5) is 0 Å². The van der Waals surface area contributed by atoms with Crippen LogP contribution >= 0.6 is 0 Å². The second-order valence-corrected chi connectivity index (χ2v) is 3.36. The second kappa shape index (κ2) is 4.75. The maximum absolute atomic E-state index is 11.1. The lowest BCUT2D eigenvalue weighted by atomic mass is 10.1. The summed E-state index contributed by atoms with van der Waals surface area (Å²) in [5.41, 5.74) is 1.27. The van der Waals surface area contributed by atoms with E-state index >= 15 is 0 Å². The number of benzene rings is 1. The third-order valence-electron chi connectivity index (χ3n) is 2.32. The lowest BCUT2D eigenvalue weighted by molar-refractivity contribution is -0.150. The molecule has 0 saturated heterocycles. The molecular formula is C11H11N3O3. The van der Waals surface area contributed by atoms with E-state index in [1.165, 1.54) is 7.11 Å². The molecule has 17 heavy (non-hydrogen) atoms. The van der Waals surface area contributed by atoms with E-state index in [4.69, 9.17) is 0 Å². The molecule has 2 aromatic rings. The van der Waals surface area contributed by atoms with Crippen molar-refractivity contribution in [3.63, 3.8) is 0 Å². The number of ether oxygens (including phenoxy) is 1. The summed E-state index contributed by atoms with van der Waals surface area (Å²) in [5.74, 6) is -0.682. The summed E-state index contributed by atoms with van der Waals surface area (Å²) in [4.78, 5) is 11.1. The van der Waals surface area contributed by atoms with Gasteiger partial charge in [-0.1, -0.05) is 17.3 Å². The Morgan fingerprint density at radius 2 is 2.12 bits per heavy atom. The predicted octanol–water partition coefficient (Wildman–Crippen LogP) is 0.474. The van der Waals surface area contributed by atoms with Crippen molar-refractivity contribution in [1.82, 2.24) is 15.0 Å². The van der Waals surface area contributed by atoms with Crippen LogP contribution in [0.5, 0.6) is 0 Å². The molecule has 0 fully saturated rings. The molecule has 6 nitrogen and oxygen atoms in total. The van der Waals surface area contributed by atoms with E-state index in [0.717, 1.165) is 5.69 Å². The molecule has 0 bridgehead atoms. The van der Waals surface area contributed by atoms with Crippen LogP contribution in [-0.4, -0.2) is 33.2 Å². The second-order valence-electron chi connectivity index (χ2n) is 3.36. The molecule has 6 heteroatoms. The van der Waals surface area contributed by atoms with Gasteiger partial charge < -0.3 is 9.84 Å². The highest BCUT2D eigenvalue weighted by atomic mass is 16.5. The summed E-state index contributed by atoms with van der Waals surface area (Å²) in [5, 5.41) is 17.1. The maximum Gasteiger partial charge on any atom is 0.339 e. The Kier molecular flexibility index (Phi) is 3.15. The van der Waals surface area contributed by atoms with Gasteiger partial charge in [0.25, 0.3) is 0 Å². The number of methoxy groups -OCH3 is 1. The van der Waals surface area contributed by atoms with Crippen LogP contribution in [0.2, 0.25) is 0 Å². The van der Waals surface area contributed by atoms with Crippen molar-refractivity contribution in [3.8, 4) is 5.69 Å². The third kappa shape index (κ3) is 2.31. The van der Waals surface area contributed by atoms with Crippen LogP contribution in [0.1, 0.15) is 11.7 Å². The van der Waals surface area contributed by atoms with E-state index in [9.17, 15) is 9.90 Å². The minimum absolute atomic E-state index is 0.473. The van der Waals surface area contributed by atoms with Gasteiger partial charge in [0.15, 0.2) is 6.10 Å². The molecule has 1 aromatic carbocycles. The minimum Gasteiger partial charge on any atom is -0.467 e. The highest BCUT2D eigenvalue weighted by molar-refractivity contribution is 5.76. The normalized spacial score (nSPS) is 12.1. The first-order chi connectivity index (χ1) is 8.22. The van der Waals surface area contributed by atoms with Crippen LogP contribution < -0.4 is 0 Å². The summed E-state index contributed by atoms with van der Waals surface area (Å²) in [7, 11) is 1.23. The lowest BCUT2D eigenvalue weighted by Crippen LogP contribution is -2.13. The summed E-state index contributed by atoms with van der Waals surface area (Å²) < 4.78 is 6.03. The first-order valence-corrected chi connectivity index (χ1v) is 4.95. The molecule has 1 atom stereocenters. The zero-order chi connectivity index (χ0) is 12.3. The molecule has 1 unspecified atom stereocenters. The Morgan fingerprint density at radius 3 is 2.65 bits per heavy atom. The lowest BCUT2D eigenvalue weighted by Gasteiger charge is -2.09. The number of carbonyl (C=O) groups excluding carboxylic acids is 1. The van der Waals surface area contributed by atoms with Gasteiger partial charge in [-0.25, -0.2) is 9.48 Å². The van der Waals surface area contributed by atoms with Gasteiger partial charge in [-0.3, -0.25) is 0 Å². The van der Waals surface area contributed by atoms with E-state index in [-0.39, 0.29) is 0 Å². The van der Waals surface area contributed by atoms with Crippen molar-refractivity contribution in [1.29, 1.82) is 0 Å². The van der Waals surface area contributed by atoms with E-state index in [1.54, 1.807) is 41.3 Å². The average Bonchev–Trinajstić information content (AvgIpc) is 2.91. The Labute approximate surface area is 97.4 Å². The van der Waals surface area contributed by atoms with Crippen molar-refractivity contribution < 1.29 is 14.6 Å². The number of carbonyl (C=O) groups is 1. The molecule has 0 aliphatic heterocycles. The SMILES string of the molecule is COC(=O)C(O)c1ccc(-n2ccnn2)cc1. The van der Waals surface area contributed by atoms with Gasteiger partial charge in [0, 0.05) is 0 Å². The standard InChI is InChI=1S/C11H11N3O3/c1-17-11(16)10(15)8-2-4-9(5-3-8)14-7-6-12-13-14/h2-7,10,15H,1H3. The average molecular weight is 233 g/mol. The van der Waals surface area contributed by atoms with E-state index < -0.39 is 12.1 Å². The van der Waals surface area contributed by atoms with Gasteiger partial charge in [0.1, 0.15) is 0 Å². The van der Waals surface area contributed by atoms with Crippen molar-refractivity contribution in [2.24, 2.45) is 0 Å². The predicted molar refractivity (Wildman–Crippen MR) is 58.3 cm³/mol. The summed E-state index contributed by atoms with van der Waals surface area (Å²) in [6, 6.07) is 6.74. The molecule has 1 heterocycles. The Hall–Kier alpha value is -2.21. The maximum atomic E-state index is 11.1. The fraction of sp³-hybridized carbons (Fsp3) is 0.182. The Bertz CT molecular complexity index is 493. The fourth-order valence-electron chi connectivity index (χ4n) is 1.40. The highest BCUT2D eigenvalue weighted by Gasteiger charge is 2.17. The van der Waals surface area contributed by atoms with Gasteiger partial charge in [-0.05, 0) is 17.7 Å².